The fourth-order valence-electron chi connectivity index (χ4n) is 0.864. The zero-order valence-electron chi connectivity index (χ0n) is 9.17. The standard InChI is InChI=1S/C8H10N2O4S.Na/c1-10(2)15(13,14)6-3-4-7(8(11)12)9-5-6;/h3-5H,1-2H3,(H,11,12);/q;+1/p-1. The van der Waals surface area contributed by atoms with E-state index in [0.29, 0.717) is 0 Å². The zero-order chi connectivity index (χ0) is 11.6. The number of pyridine rings is 1. The molecule has 1 aromatic heterocycles. The number of carbonyl (C=O) groups excluding carboxylic acids is 1. The molecule has 0 amide bonds. The van der Waals surface area contributed by atoms with E-state index in [1.54, 1.807) is 0 Å². The second-order valence-corrected chi connectivity index (χ2v) is 5.11. The summed E-state index contributed by atoms with van der Waals surface area (Å²) < 4.78 is 24.1. The van der Waals surface area contributed by atoms with Crippen molar-refractivity contribution in [3.05, 3.63) is 24.0 Å². The van der Waals surface area contributed by atoms with E-state index in [1.165, 1.54) is 20.2 Å². The molecule has 0 aliphatic heterocycles. The molecule has 0 aliphatic carbocycles. The number of sulfonamides is 1. The summed E-state index contributed by atoms with van der Waals surface area (Å²) in [5.41, 5.74) is -0.298. The smallest absolute Gasteiger partial charge is 0.543 e. The fourth-order valence-corrected chi connectivity index (χ4v) is 1.71. The summed E-state index contributed by atoms with van der Waals surface area (Å²) >= 11 is 0. The first kappa shape index (κ1) is 15.5. The number of carboxylic acids is 1. The van der Waals surface area contributed by atoms with E-state index in [1.807, 2.05) is 0 Å². The van der Waals surface area contributed by atoms with Crippen LogP contribution in [0.25, 0.3) is 0 Å². The second-order valence-electron chi connectivity index (χ2n) is 2.95. The maximum atomic E-state index is 11.5. The fraction of sp³-hybridized carbons (Fsp3) is 0.250. The summed E-state index contributed by atoms with van der Waals surface area (Å²) in [6.07, 6.45) is 0.987. The minimum Gasteiger partial charge on any atom is -0.543 e. The average Bonchev–Trinajstić information content (AvgIpc) is 2.17. The van der Waals surface area contributed by atoms with Crippen molar-refractivity contribution in [3.63, 3.8) is 0 Å². The van der Waals surface area contributed by atoms with Crippen LogP contribution in [0.2, 0.25) is 0 Å². The molecular formula is C8H9N2NaO4S. The molecule has 0 spiro atoms. The number of rotatable bonds is 3. The summed E-state index contributed by atoms with van der Waals surface area (Å²) in [5.74, 6) is -1.44. The molecule has 0 atom stereocenters. The normalized spacial score (nSPS) is 10.9. The van der Waals surface area contributed by atoms with Gasteiger partial charge >= 0.3 is 29.6 Å². The van der Waals surface area contributed by atoms with E-state index in [2.05, 4.69) is 4.98 Å². The van der Waals surface area contributed by atoms with Crippen molar-refractivity contribution < 1.29 is 47.9 Å². The van der Waals surface area contributed by atoms with Crippen molar-refractivity contribution in [2.24, 2.45) is 0 Å². The van der Waals surface area contributed by atoms with E-state index in [4.69, 9.17) is 0 Å². The molecule has 6 nitrogen and oxygen atoms in total. The predicted octanol–water partition coefficient (Wildman–Crippen LogP) is -4.30. The summed E-state index contributed by atoms with van der Waals surface area (Å²) in [6.45, 7) is 0. The number of hydrogen-bond acceptors (Lipinski definition) is 5. The number of carbonyl (C=O) groups is 1. The Labute approximate surface area is 116 Å². The van der Waals surface area contributed by atoms with Crippen molar-refractivity contribution in [2.75, 3.05) is 14.1 Å². The van der Waals surface area contributed by atoms with Crippen LogP contribution in [0.4, 0.5) is 0 Å². The Balaban J connectivity index is 0.00000225. The molecule has 0 bridgehead atoms. The maximum Gasteiger partial charge on any atom is 1.00 e. The molecule has 0 saturated heterocycles. The Morgan fingerprint density at radius 2 is 1.94 bits per heavy atom. The van der Waals surface area contributed by atoms with E-state index >= 15 is 0 Å². The van der Waals surface area contributed by atoms with Crippen LogP contribution in [-0.4, -0.2) is 37.8 Å². The monoisotopic (exact) mass is 252 g/mol. The summed E-state index contributed by atoms with van der Waals surface area (Å²) in [6, 6.07) is 2.26. The largest absolute Gasteiger partial charge is 1.00 e. The van der Waals surface area contributed by atoms with Gasteiger partial charge in [-0.05, 0) is 12.1 Å². The number of aromatic carboxylic acids is 1. The molecule has 0 radical (unpaired) electrons. The molecule has 1 aromatic rings. The third kappa shape index (κ3) is 3.26. The molecule has 0 aromatic carbocycles. The minimum atomic E-state index is -3.56. The maximum absolute atomic E-state index is 11.5. The van der Waals surface area contributed by atoms with Crippen LogP contribution in [0.3, 0.4) is 0 Å². The van der Waals surface area contributed by atoms with Gasteiger partial charge in [-0.1, -0.05) is 0 Å². The van der Waals surface area contributed by atoms with Crippen LogP contribution in [0.5, 0.6) is 0 Å². The Kier molecular flexibility index (Phi) is 5.57. The van der Waals surface area contributed by atoms with Gasteiger partial charge in [0.2, 0.25) is 10.0 Å². The summed E-state index contributed by atoms with van der Waals surface area (Å²) in [4.78, 5) is 13.8. The number of carboxylic acid groups (broad SMARTS) is 1. The Morgan fingerprint density at radius 3 is 2.25 bits per heavy atom. The van der Waals surface area contributed by atoms with Crippen LogP contribution in [0.15, 0.2) is 23.2 Å². The molecule has 0 saturated carbocycles. The van der Waals surface area contributed by atoms with Crippen LogP contribution in [-0.2, 0) is 10.0 Å². The first-order valence-corrected chi connectivity index (χ1v) is 5.39. The Hall–Kier alpha value is -0.470. The van der Waals surface area contributed by atoms with Gasteiger partial charge < -0.3 is 9.90 Å². The van der Waals surface area contributed by atoms with E-state index in [-0.39, 0.29) is 40.1 Å². The van der Waals surface area contributed by atoms with Gasteiger partial charge in [0.25, 0.3) is 0 Å². The molecule has 1 heterocycles. The first-order chi connectivity index (χ1) is 6.85. The average molecular weight is 252 g/mol. The summed E-state index contributed by atoms with van der Waals surface area (Å²) in [7, 11) is -0.808. The van der Waals surface area contributed by atoms with Crippen LogP contribution in [0.1, 0.15) is 10.5 Å². The van der Waals surface area contributed by atoms with Gasteiger partial charge in [-0.25, -0.2) is 12.7 Å². The van der Waals surface area contributed by atoms with Crippen LogP contribution >= 0.6 is 0 Å². The van der Waals surface area contributed by atoms with Crippen molar-refractivity contribution in [1.82, 2.24) is 9.29 Å². The quantitative estimate of drug-likeness (QED) is 0.508. The van der Waals surface area contributed by atoms with Gasteiger partial charge in [0, 0.05) is 20.3 Å². The van der Waals surface area contributed by atoms with Gasteiger partial charge in [0.1, 0.15) is 4.90 Å². The number of nitrogens with zero attached hydrogens (tertiary/aromatic N) is 2. The van der Waals surface area contributed by atoms with Crippen molar-refractivity contribution in [3.8, 4) is 0 Å². The molecule has 16 heavy (non-hydrogen) atoms. The van der Waals surface area contributed by atoms with Gasteiger partial charge in [-0.15, -0.1) is 0 Å². The molecule has 0 fully saturated rings. The molecular weight excluding hydrogens is 243 g/mol. The third-order valence-electron chi connectivity index (χ3n) is 1.72. The molecule has 0 aliphatic rings. The first-order valence-electron chi connectivity index (χ1n) is 3.95. The van der Waals surface area contributed by atoms with Gasteiger partial charge in [-0.2, -0.15) is 0 Å². The second kappa shape index (κ2) is 5.74. The Morgan fingerprint density at radius 1 is 1.38 bits per heavy atom. The molecule has 8 heteroatoms. The van der Waals surface area contributed by atoms with Crippen molar-refractivity contribution in [1.29, 1.82) is 0 Å². The molecule has 82 valence electrons. The SMILES string of the molecule is CN(C)S(=O)(=O)c1ccc(C(=O)[O-])nc1.[Na+]. The number of aromatic nitrogens is 1. The van der Waals surface area contributed by atoms with E-state index in [0.717, 1.165) is 16.6 Å². The zero-order valence-corrected chi connectivity index (χ0v) is 12.0. The summed E-state index contributed by atoms with van der Waals surface area (Å²) in [5, 5.41) is 10.4. The van der Waals surface area contributed by atoms with E-state index in [9.17, 15) is 18.3 Å². The van der Waals surface area contributed by atoms with Crippen LogP contribution < -0.4 is 34.7 Å². The van der Waals surface area contributed by atoms with E-state index < -0.39 is 16.0 Å². The number of hydrogen-bond donors (Lipinski definition) is 0. The topological polar surface area (TPSA) is 90.4 Å². The predicted molar refractivity (Wildman–Crippen MR) is 49.4 cm³/mol. The minimum absolute atomic E-state index is 0. The van der Waals surface area contributed by atoms with Crippen molar-refractivity contribution >= 4 is 16.0 Å². The molecule has 0 N–H and O–H groups in total. The van der Waals surface area contributed by atoms with Crippen molar-refractivity contribution in [2.45, 2.75) is 4.90 Å². The van der Waals surface area contributed by atoms with Gasteiger partial charge in [0.15, 0.2) is 0 Å². The van der Waals surface area contributed by atoms with Gasteiger partial charge in [0.05, 0.1) is 11.7 Å². The van der Waals surface area contributed by atoms with Gasteiger partial charge in [-0.3, -0.25) is 4.98 Å². The third-order valence-corrected chi connectivity index (χ3v) is 3.52. The Bertz CT molecular complexity index is 469. The molecule has 1 rings (SSSR count). The van der Waals surface area contributed by atoms with Crippen LogP contribution in [0, 0.1) is 0 Å². The molecule has 0 unspecified atom stereocenters.